The maximum Gasteiger partial charge on any atom is 0.306 e. The van der Waals surface area contributed by atoms with Crippen molar-refractivity contribution in [1.82, 2.24) is 10.2 Å². The molecule has 0 aromatic carbocycles. The first kappa shape index (κ1) is 12.3. The summed E-state index contributed by atoms with van der Waals surface area (Å²) in [5, 5.41) is 8.80. The van der Waals surface area contributed by atoms with Crippen LogP contribution in [0.4, 0.5) is 0 Å². The number of methoxy groups -OCH3 is 1. The van der Waals surface area contributed by atoms with E-state index in [2.05, 4.69) is 14.9 Å². The number of hydrogen-bond donors (Lipinski definition) is 0. The Labute approximate surface area is 97.4 Å². The molecule has 0 aliphatic rings. The monoisotopic (exact) mass is 246 g/mol. The average Bonchev–Trinajstić information content (AvgIpc) is 2.21. The zero-order chi connectivity index (χ0) is 11.3. The molecule has 0 fully saturated rings. The van der Waals surface area contributed by atoms with E-state index in [1.165, 1.54) is 18.9 Å². The van der Waals surface area contributed by atoms with Gasteiger partial charge in [-0.15, -0.1) is 22.0 Å². The molecule has 0 amide bonds. The maximum absolute atomic E-state index is 11.0. The Bertz CT molecular complexity index is 331. The van der Waals surface area contributed by atoms with Gasteiger partial charge in [0.15, 0.2) is 5.15 Å². The van der Waals surface area contributed by atoms with E-state index in [9.17, 15) is 4.79 Å². The summed E-state index contributed by atoms with van der Waals surface area (Å²) in [6.45, 7) is 1.93. The molecular formula is C9H11ClN2O2S. The van der Waals surface area contributed by atoms with Crippen molar-refractivity contribution in [3.05, 3.63) is 17.3 Å². The van der Waals surface area contributed by atoms with Crippen LogP contribution in [0.5, 0.6) is 0 Å². The van der Waals surface area contributed by atoms with Crippen LogP contribution in [-0.2, 0) is 9.53 Å². The number of nitrogens with zero attached hydrogens (tertiary/aromatic N) is 2. The van der Waals surface area contributed by atoms with Gasteiger partial charge < -0.3 is 4.74 Å². The van der Waals surface area contributed by atoms with Gasteiger partial charge in [0, 0.05) is 5.25 Å². The second kappa shape index (κ2) is 5.92. The Morgan fingerprint density at radius 3 is 2.87 bits per heavy atom. The zero-order valence-corrected chi connectivity index (χ0v) is 10.0. The molecule has 82 valence electrons. The highest BCUT2D eigenvalue weighted by Crippen LogP contribution is 2.23. The third kappa shape index (κ3) is 4.48. The number of aromatic nitrogens is 2. The van der Waals surface area contributed by atoms with Gasteiger partial charge in [-0.05, 0) is 12.1 Å². The maximum atomic E-state index is 11.0. The Kier molecular flexibility index (Phi) is 4.84. The third-order valence-electron chi connectivity index (χ3n) is 1.61. The number of esters is 1. The average molecular weight is 247 g/mol. The molecule has 15 heavy (non-hydrogen) atoms. The fraction of sp³-hybridized carbons (Fsp3) is 0.444. The van der Waals surface area contributed by atoms with Crippen LogP contribution in [-0.4, -0.2) is 28.5 Å². The quantitative estimate of drug-likeness (QED) is 0.602. The minimum Gasteiger partial charge on any atom is -0.469 e. The molecule has 0 bridgehead atoms. The summed E-state index contributed by atoms with van der Waals surface area (Å²) in [6.07, 6.45) is 0.353. The van der Waals surface area contributed by atoms with Gasteiger partial charge in [-0.1, -0.05) is 18.5 Å². The Hall–Kier alpha value is -0.810. The van der Waals surface area contributed by atoms with E-state index in [1.807, 2.05) is 6.92 Å². The smallest absolute Gasteiger partial charge is 0.306 e. The van der Waals surface area contributed by atoms with Crippen molar-refractivity contribution in [1.29, 1.82) is 0 Å². The van der Waals surface area contributed by atoms with Crippen LogP contribution in [0.3, 0.4) is 0 Å². The molecule has 1 aromatic rings. The number of carbonyl (C=O) groups is 1. The molecule has 0 aliphatic heterocycles. The van der Waals surface area contributed by atoms with Crippen molar-refractivity contribution in [2.45, 2.75) is 23.6 Å². The molecular weight excluding hydrogens is 236 g/mol. The fourth-order valence-electron chi connectivity index (χ4n) is 0.932. The molecule has 1 unspecified atom stereocenters. The summed E-state index contributed by atoms with van der Waals surface area (Å²) in [6, 6.07) is 3.44. The molecule has 0 saturated heterocycles. The van der Waals surface area contributed by atoms with Crippen LogP contribution < -0.4 is 0 Å². The van der Waals surface area contributed by atoms with Gasteiger partial charge in [0.05, 0.1) is 13.5 Å². The number of ether oxygens (including phenoxy) is 1. The number of halogens is 1. The van der Waals surface area contributed by atoms with E-state index >= 15 is 0 Å². The fourth-order valence-corrected chi connectivity index (χ4v) is 1.90. The SMILES string of the molecule is COC(=O)CC(C)Sc1ccc(Cl)nn1. The highest BCUT2D eigenvalue weighted by Gasteiger charge is 2.11. The van der Waals surface area contributed by atoms with Crippen LogP contribution in [0, 0.1) is 0 Å². The lowest BCUT2D eigenvalue weighted by Crippen LogP contribution is -2.08. The molecule has 4 nitrogen and oxygen atoms in total. The minimum absolute atomic E-state index is 0.105. The first-order valence-corrected chi connectivity index (χ1v) is 5.60. The number of hydrogen-bond acceptors (Lipinski definition) is 5. The third-order valence-corrected chi connectivity index (χ3v) is 2.84. The number of thioether (sulfide) groups is 1. The number of carbonyl (C=O) groups excluding carboxylic acids is 1. The molecule has 1 atom stereocenters. The van der Waals surface area contributed by atoms with Crippen molar-refractivity contribution < 1.29 is 9.53 Å². The van der Waals surface area contributed by atoms with Gasteiger partial charge in [-0.2, -0.15) is 0 Å². The summed E-state index contributed by atoms with van der Waals surface area (Å²) >= 11 is 7.06. The van der Waals surface area contributed by atoms with Crippen LogP contribution in [0.15, 0.2) is 17.2 Å². The van der Waals surface area contributed by atoms with Crippen molar-refractivity contribution >= 4 is 29.3 Å². The van der Waals surface area contributed by atoms with Gasteiger partial charge in [0.1, 0.15) is 5.03 Å². The minimum atomic E-state index is -0.225. The van der Waals surface area contributed by atoms with E-state index in [0.717, 1.165) is 5.03 Å². The first-order chi connectivity index (χ1) is 7.11. The molecule has 1 aromatic heterocycles. The first-order valence-electron chi connectivity index (χ1n) is 4.34. The predicted octanol–water partition coefficient (Wildman–Crippen LogP) is 2.17. The van der Waals surface area contributed by atoms with E-state index in [1.54, 1.807) is 12.1 Å². The summed E-state index contributed by atoms with van der Waals surface area (Å²) in [5.41, 5.74) is 0. The summed E-state index contributed by atoms with van der Waals surface area (Å²) in [4.78, 5) is 11.0. The normalized spacial score (nSPS) is 12.2. The Morgan fingerprint density at radius 2 is 2.33 bits per heavy atom. The van der Waals surface area contributed by atoms with Crippen molar-refractivity contribution in [2.75, 3.05) is 7.11 Å². The Balaban J connectivity index is 2.47. The lowest BCUT2D eigenvalue weighted by atomic mass is 10.3. The molecule has 0 spiro atoms. The summed E-state index contributed by atoms with van der Waals surface area (Å²) in [7, 11) is 1.38. The lowest BCUT2D eigenvalue weighted by molar-refractivity contribution is -0.140. The van der Waals surface area contributed by atoms with Crippen molar-refractivity contribution in [2.24, 2.45) is 0 Å². The van der Waals surface area contributed by atoms with Crippen LogP contribution in [0.1, 0.15) is 13.3 Å². The van der Waals surface area contributed by atoms with Gasteiger partial charge in [0.2, 0.25) is 0 Å². The van der Waals surface area contributed by atoms with Crippen LogP contribution in [0.25, 0.3) is 0 Å². The lowest BCUT2D eigenvalue weighted by Gasteiger charge is -2.07. The van der Waals surface area contributed by atoms with Crippen molar-refractivity contribution in [3.63, 3.8) is 0 Å². The topological polar surface area (TPSA) is 52.1 Å². The van der Waals surface area contributed by atoms with Gasteiger partial charge in [-0.3, -0.25) is 4.79 Å². The molecule has 0 radical (unpaired) electrons. The molecule has 1 rings (SSSR count). The second-order valence-corrected chi connectivity index (χ2v) is 4.75. The predicted molar refractivity (Wildman–Crippen MR) is 59.0 cm³/mol. The van der Waals surface area contributed by atoms with Gasteiger partial charge in [0.25, 0.3) is 0 Å². The standard InChI is InChI=1S/C9H11ClN2O2S/c1-6(5-9(13)14-2)15-8-4-3-7(10)11-12-8/h3-4,6H,5H2,1-2H3. The van der Waals surface area contributed by atoms with Crippen molar-refractivity contribution in [3.8, 4) is 0 Å². The largest absolute Gasteiger partial charge is 0.469 e. The summed E-state index contributed by atoms with van der Waals surface area (Å²) < 4.78 is 4.57. The van der Waals surface area contributed by atoms with Gasteiger partial charge in [-0.25, -0.2) is 0 Å². The highest BCUT2D eigenvalue weighted by molar-refractivity contribution is 7.99. The van der Waals surface area contributed by atoms with E-state index in [-0.39, 0.29) is 11.2 Å². The second-order valence-electron chi connectivity index (χ2n) is 2.90. The number of rotatable bonds is 4. The van der Waals surface area contributed by atoms with Crippen LogP contribution >= 0.6 is 23.4 Å². The molecule has 0 aliphatic carbocycles. The highest BCUT2D eigenvalue weighted by atomic mass is 35.5. The van der Waals surface area contributed by atoms with E-state index in [4.69, 9.17) is 11.6 Å². The Morgan fingerprint density at radius 1 is 1.60 bits per heavy atom. The van der Waals surface area contributed by atoms with Gasteiger partial charge >= 0.3 is 5.97 Å². The molecule has 0 N–H and O–H groups in total. The van der Waals surface area contributed by atoms with E-state index in [0.29, 0.717) is 11.6 Å². The summed E-state index contributed by atoms with van der Waals surface area (Å²) in [5.74, 6) is -0.225. The van der Waals surface area contributed by atoms with Crippen LogP contribution in [0.2, 0.25) is 5.15 Å². The molecule has 0 saturated carbocycles. The molecule has 1 heterocycles. The molecule has 6 heteroatoms. The zero-order valence-electron chi connectivity index (χ0n) is 8.44. The van der Waals surface area contributed by atoms with E-state index < -0.39 is 0 Å².